The summed E-state index contributed by atoms with van der Waals surface area (Å²) in [7, 11) is -1.30. The fourth-order valence-corrected chi connectivity index (χ4v) is 11.7. The van der Waals surface area contributed by atoms with Crippen molar-refractivity contribution >= 4 is 31.6 Å². The van der Waals surface area contributed by atoms with Gasteiger partial charge in [0.05, 0.1) is 11.8 Å². The van der Waals surface area contributed by atoms with Crippen LogP contribution in [0.3, 0.4) is 0 Å². The van der Waals surface area contributed by atoms with Crippen molar-refractivity contribution in [3.8, 4) is 0 Å². The molecule has 0 unspecified atom stereocenters. The molecule has 0 atom stereocenters. The van der Waals surface area contributed by atoms with Crippen LogP contribution in [0.15, 0.2) is 43.0 Å². The van der Waals surface area contributed by atoms with Gasteiger partial charge in [-0.05, 0) is 42.4 Å². The Balaban J connectivity index is 2.12. The Morgan fingerprint density at radius 2 is 1.85 bits per heavy atom. The third-order valence-corrected chi connectivity index (χ3v) is 15.1. The molecule has 0 N–H and O–H groups in total. The molecule has 0 nitrogen and oxygen atoms in total. The van der Waals surface area contributed by atoms with Gasteiger partial charge in [0, 0.05) is 0 Å². The lowest BCUT2D eigenvalue weighted by atomic mass is 10.1. The van der Waals surface area contributed by atoms with E-state index in [1.165, 1.54) is 42.4 Å². The van der Waals surface area contributed by atoms with Crippen LogP contribution in [0.4, 0.5) is 0 Å². The summed E-state index contributed by atoms with van der Waals surface area (Å²) in [4.78, 5) is 0. The van der Waals surface area contributed by atoms with Crippen LogP contribution < -0.4 is 0 Å². The average Bonchev–Trinajstić information content (AvgIpc) is 2.47. The van der Waals surface area contributed by atoms with Crippen LogP contribution in [0.2, 0.25) is 19.1 Å². The normalized spacial score (nSPS) is 18.7. The van der Waals surface area contributed by atoms with Gasteiger partial charge >= 0.3 is 0 Å². The van der Waals surface area contributed by atoms with Gasteiger partial charge in [-0.1, -0.05) is 49.5 Å². The molecular formula is C17H26S2Si. The molecule has 0 bridgehead atoms. The van der Waals surface area contributed by atoms with E-state index in [1.54, 1.807) is 0 Å². The number of thioether (sulfide) groups is 2. The van der Waals surface area contributed by atoms with Gasteiger partial charge in [-0.3, -0.25) is 0 Å². The maximum Gasteiger partial charge on any atom is 0.0819 e. The van der Waals surface area contributed by atoms with Gasteiger partial charge in [-0.15, -0.1) is 30.1 Å². The molecule has 0 amide bonds. The first-order valence-corrected chi connectivity index (χ1v) is 12.7. The smallest absolute Gasteiger partial charge is 0.0819 e. The zero-order chi connectivity index (χ0) is 14.5. The van der Waals surface area contributed by atoms with Crippen molar-refractivity contribution in [2.24, 2.45) is 0 Å². The quantitative estimate of drug-likeness (QED) is 0.492. The Morgan fingerprint density at radius 1 is 1.20 bits per heavy atom. The molecule has 0 radical (unpaired) electrons. The highest BCUT2D eigenvalue weighted by Crippen LogP contribution is 2.52. The van der Waals surface area contributed by atoms with Gasteiger partial charge in [0.1, 0.15) is 0 Å². The number of benzene rings is 1. The van der Waals surface area contributed by atoms with Crippen molar-refractivity contribution in [3.63, 3.8) is 0 Å². The summed E-state index contributed by atoms with van der Waals surface area (Å²) < 4.78 is 0.481. The Bertz CT molecular complexity index is 422. The van der Waals surface area contributed by atoms with E-state index in [0.717, 1.165) is 0 Å². The molecular weight excluding hydrogens is 296 g/mol. The molecule has 1 aliphatic rings. The van der Waals surface area contributed by atoms with Crippen LogP contribution in [0.1, 0.15) is 18.4 Å². The molecule has 20 heavy (non-hydrogen) atoms. The van der Waals surface area contributed by atoms with E-state index in [-0.39, 0.29) is 0 Å². The molecule has 0 saturated carbocycles. The van der Waals surface area contributed by atoms with Crippen LogP contribution in [-0.2, 0) is 6.42 Å². The topological polar surface area (TPSA) is 0 Å². The van der Waals surface area contributed by atoms with E-state index in [2.05, 4.69) is 79.6 Å². The Morgan fingerprint density at radius 3 is 2.45 bits per heavy atom. The van der Waals surface area contributed by atoms with Crippen LogP contribution in [0.5, 0.6) is 0 Å². The fourth-order valence-electron chi connectivity index (χ4n) is 2.92. The third kappa shape index (κ3) is 3.74. The molecule has 2 rings (SSSR count). The van der Waals surface area contributed by atoms with E-state index >= 15 is 0 Å². The molecule has 1 aliphatic heterocycles. The summed E-state index contributed by atoms with van der Waals surface area (Å²) in [5, 5.41) is 0. The molecule has 1 saturated heterocycles. The molecule has 1 aromatic carbocycles. The highest BCUT2D eigenvalue weighted by Gasteiger charge is 2.47. The number of rotatable bonds is 6. The summed E-state index contributed by atoms with van der Waals surface area (Å²) in [6, 6.07) is 12.2. The second-order valence-corrected chi connectivity index (χ2v) is 15.0. The molecule has 110 valence electrons. The highest BCUT2D eigenvalue weighted by atomic mass is 32.2. The Labute approximate surface area is 133 Å². The van der Waals surface area contributed by atoms with Gasteiger partial charge in [-0.2, -0.15) is 0 Å². The zero-order valence-electron chi connectivity index (χ0n) is 12.7. The van der Waals surface area contributed by atoms with Gasteiger partial charge in [-0.25, -0.2) is 0 Å². The van der Waals surface area contributed by atoms with E-state index < -0.39 is 8.07 Å². The minimum atomic E-state index is -1.30. The van der Waals surface area contributed by atoms with Gasteiger partial charge in [0.2, 0.25) is 0 Å². The zero-order valence-corrected chi connectivity index (χ0v) is 15.4. The number of hydrogen-bond acceptors (Lipinski definition) is 2. The standard InChI is InChI=1S/C17H26S2Si/c1-4-15-20(2,3)17(18-13-8-14-19-17)12-11-16-9-6-5-7-10-16/h4-7,9-10H,1,8,11-15H2,2-3H3. The summed E-state index contributed by atoms with van der Waals surface area (Å²) in [6.45, 7) is 9.13. The summed E-state index contributed by atoms with van der Waals surface area (Å²) in [5.41, 5.74) is 1.49. The molecule has 0 aliphatic carbocycles. The molecule has 1 fully saturated rings. The predicted octanol–water partition coefficient (Wildman–Crippen LogP) is 5.62. The van der Waals surface area contributed by atoms with Crippen molar-refractivity contribution < 1.29 is 0 Å². The van der Waals surface area contributed by atoms with E-state index in [4.69, 9.17) is 0 Å². The lowest BCUT2D eigenvalue weighted by Crippen LogP contribution is -2.51. The molecule has 3 heteroatoms. The molecule has 1 aromatic rings. The first-order chi connectivity index (χ1) is 9.60. The van der Waals surface area contributed by atoms with Crippen LogP contribution in [0.25, 0.3) is 0 Å². The fraction of sp³-hybridized carbons (Fsp3) is 0.529. The van der Waals surface area contributed by atoms with Gasteiger partial charge in [0.25, 0.3) is 0 Å². The maximum atomic E-state index is 4.01. The van der Waals surface area contributed by atoms with Crippen molar-refractivity contribution in [1.82, 2.24) is 0 Å². The average molecular weight is 323 g/mol. The second kappa shape index (κ2) is 7.23. The van der Waals surface area contributed by atoms with Crippen molar-refractivity contribution in [3.05, 3.63) is 48.6 Å². The summed E-state index contributed by atoms with van der Waals surface area (Å²) in [5.74, 6) is 2.69. The molecule has 1 heterocycles. The van der Waals surface area contributed by atoms with Crippen molar-refractivity contribution in [1.29, 1.82) is 0 Å². The van der Waals surface area contributed by atoms with Crippen LogP contribution >= 0.6 is 23.5 Å². The molecule has 0 spiro atoms. The monoisotopic (exact) mass is 322 g/mol. The second-order valence-electron chi connectivity index (χ2n) is 6.17. The summed E-state index contributed by atoms with van der Waals surface area (Å²) >= 11 is 4.51. The Hall–Kier alpha value is -0.123. The lowest BCUT2D eigenvalue weighted by molar-refractivity contribution is 0.830. The van der Waals surface area contributed by atoms with Gasteiger partial charge in [0.15, 0.2) is 0 Å². The largest absolute Gasteiger partial charge is 0.148 e. The first kappa shape index (κ1) is 16.3. The number of aryl methyl sites for hydroxylation is 1. The van der Waals surface area contributed by atoms with Crippen molar-refractivity contribution in [2.75, 3.05) is 11.5 Å². The number of allylic oxidation sites excluding steroid dienone is 1. The summed E-state index contributed by atoms with van der Waals surface area (Å²) in [6.07, 6.45) is 6.07. The highest BCUT2D eigenvalue weighted by molar-refractivity contribution is 8.21. The van der Waals surface area contributed by atoms with Crippen molar-refractivity contribution in [2.45, 2.75) is 42.1 Å². The lowest BCUT2D eigenvalue weighted by Gasteiger charge is -2.47. The Kier molecular flexibility index (Phi) is 5.88. The van der Waals surface area contributed by atoms with Crippen LogP contribution in [0, 0.1) is 0 Å². The minimum Gasteiger partial charge on any atom is -0.148 e. The van der Waals surface area contributed by atoms with Gasteiger partial charge < -0.3 is 0 Å². The van der Waals surface area contributed by atoms with E-state index in [1.807, 2.05) is 0 Å². The number of hydrogen-bond donors (Lipinski definition) is 0. The van der Waals surface area contributed by atoms with E-state index in [0.29, 0.717) is 3.70 Å². The van der Waals surface area contributed by atoms with E-state index in [9.17, 15) is 0 Å². The maximum absolute atomic E-state index is 4.01. The molecule has 0 aromatic heterocycles. The SMILES string of the molecule is C=CC[Si](C)(C)C1(CCc2ccccc2)SCCCS1. The van der Waals surface area contributed by atoms with Crippen LogP contribution in [-0.4, -0.2) is 23.3 Å². The first-order valence-electron chi connectivity index (χ1n) is 7.52. The third-order valence-electron chi connectivity index (χ3n) is 4.23. The predicted molar refractivity (Wildman–Crippen MR) is 99.5 cm³/mol. The minimum absolute atomic E-state index is 0.481.